The lowest BCUT2D eigenvalue weighted by atomic mass is 10.2. The van der Waals surface area contributed by atoms with E-state index in [1.54, 1.807) is 11.3 Å². The van der Waals surface area contributed by atoms with Gasteiger partial charge in [0, 0.05) is 10.3 Å². The van der Waals surface area contributed by atoms with E-state index < -0.39 is 0 Å². The van der Waals surface area contributed by atoms with E-state index in [-0.39, 0.29) is 0 Å². The third kappa shape index (κ3) is 2.51. The van der Waals surface area contributed by atoms with Crippen LogP contribution in [0.25, 0.3) is 10.1 Å². The first-order valence-electron chi connectivity index (χ1n) is 5.44. The summed E-state index contributed by atoms with van der Waals surface area (Å²) in [6, 6.07) is 8.41. The van der Waals surface area contributed by atoms with Crippen LogP contribution < -0.4 is 4.74 Å². The topological polar surface area (TPSA) is 9.23 Å². The molecule has 0 radical (unpaired) electrons. The van der Waals surface area contributed by atoms with E-state index in [4.69, 9.17) is 4.74 Å². The first kappa shape index (κ1) is 12.1. The molecule has 0 amide bonds. The van der Waals surface area contributed by atoms with Gasteiger partial charge in [0.15, 0.2) is 5.06 Å². The second-order valence-corrected chi connectivity index (χ2v) is 3.96. The Balaban J connectivity index is 0.000000531. The van der Waals surface area contributed by atoms with Gasteiger partial charge in [-0.15, -0.1) is 0 Å². The Bertz CT molecular complexity index is 417. The molecule has 0 aliphatic heterocycles. The van der Waals surface area contributed by atoms with Crippen molar-refractivity contribution in [3.8, 4) is 5.06 Å². The number of aryl methyl sites for hydroxylation is 1. The molecule has 2 rings (SSSR count). The fourth-order valence-electron chi connectivity index (χ4n) is 1.42. The van der Waals surface area contributed by atoms with Crippen LogP contribution in [0.15, 0.2) is 24.3 Å². The zero-order valence-corrected chi connectivity index (χ0v) is 10.6. The van der Waals surface area contributed by atoms with Gasteiger partial charge in [-0.3, -0.25) is 0 Å². The molecule has 0 bridgehead atoms. The summed E-state index contributed by atoms with van der Waals surface area (Å²) in [5.41, 5.74) is 1.27. The molecule has 2 aromatic rings. The van der Waals surface area contributed by atoms with E-state index in [1.807, 2.05) is 20.8 Å². The molecule has 1 heterocycles. The van der Waals surface area contributed by atoms with Crippen LogP contribution in [-0.4, -0.2) is 6.61 Å². The molecule has 0 N–H and O–H groups in total. The predicted octanol–water partition coefficient (Wildman–Crippen LogP) is 4.63. The van der Waals surface area contributed by atoms with Crippen molar-refractivity contribution in [2.24, 2.45) is 0 Å². The van der Waals surface area contributed by atoms with Crippen LogP contribution in [0.3, 0.4) is 0 Å². The number of thiophene rings is 1. The highest BCUT2D eigenvalue weighted by atomic mass is 32.1. The average Bonchev–Trinajstić information content (AvgIpc) is 2.60. The minimum Gasteiger partial charge on any atom is -0.484 e. The van der Waals surface area contributed by atoms with Gasteiger partial charge in [-0.2, -0.15) is 0 Å². The quantitative estimate of drug-likeness (QED) is 0.719. The molecule has 15 heavy (non-hydrogen) atoms. The molecule has 82 valence electrons. The molecule has 0 saturated carbocycles. The third-order valence-corrected chi connectivity index (χ3v) is 3.26. The van der Waals surface area contributed by atoms with Crippen molar-refractivity contribution < 1.29 is 4.74 Å². The predicted molar refractivity (Wildman–Crippen MR) is 69.1 cm³/mol. The van der Waals surface area contributed by atoms with Crippen LogP contribution in [0.4, 0.5) is 0 Å². The molecule has 1 aromatic heterocycles. The van der Waals surface area contributed by atoms with Crippen molar-refractivity contribution >= 4 is 21.4 Å². The minimum absolute atomic E-state index is 0.744. The molecular formula is C13H18OS. The Hall–Kier alpha value is -1.02. The third-order valence-electron chi connectivity index (χ3n) is 2.08. The number of hydrogen-bond donors (Lipinski definition) is 0. The van der Waals surface area contributed by atoms with E-state index in [0.717, 1.165) is 11.7 Å². The zero-order valence-electron chi connectivity index (χ0n) is 9.83. The van der Waals surface area contributed by atoms with E-state index in [1.165, 1.54) is 15.6 Å². The SMILES string of the molecule is CC.CCOc1sc2ccccc2c1C. The highest BCUT2D eigenvalue weighted by Gasteiger charge is 2.07. The summed E-state index contributed by atoms with van der Waals surface area (Å²) in [6.45, 7) is 8.88. The van der Waals surface area contributed by atoms with E-state index in [2.05, 4.69) is 31.2 Å². The molecule has 1 aromatic carbocycles. The van der Waals surface area contributed by atoms with Gasteiger partial charge in [0.2, 0.25) is 0 Å². The standard InChI is InChI=1S/C11H12OS.C2H6/c1-3-12-11-8(2)9-6-4-5-7-10(9)13-11;1-2/h4-7H,3H2,1-2H3;1-2H3. The summed E-state index contributed by atoms with van der Waals surface area (Å²) in [4.78, 5) is 0. The second-order valence-electron chi connectivity index (χ2n) is 2.94. The highest BCUT2D eigenvalue weighted by molar-refractivity contribution is 7.21. The molecule has 0 aliphatic rings. The Kier molecular flexibility index (Phi) is 4.63. The summed E-state index contributed by atoms with van der Waals surface area (Å²) >= 11 is 1.73. The van der Waals surface area contributed by atoms with Crippen molar-refractivity contribution in [2.45, 2.75) is 27.7 Å². The van der Waals surface area contributed by atoms with Crippen molar-refractivity contribution in [3.63, 3.8) is 0 Å². The number of benzene rings is 1. The average molecular weight is 222 g/mol. The first-order chi connectivity index (χ1) is 7.33. The molecule has 0 unspecified atom stereocenters. The summed E-state index contributed by atoms with van der Waals surface area (Å²) in [5.74, 6) is 0. The van der Waals surface area contributed by atoms with E-state index in [9.17, 15) is 0 Å². The van der Waals surface area contributed by atoms with Crippen LogP contribution in [0.1, 0.15) is 26.3 Å². The fourth-order valence-corrected chi connectivity index (χ4v) is 2.54. The first-order valence-corrected chi connectivity index (χ1v) is 6.25. The van der Waals surface area contributed by atoms with Crippen molar-refractivity contribution in [2.75, 3.05) is 6.61 Å². The Morgan fingerprint density at radius 1 is 1.20 bits per heavy atom. The summed E-state index contributed by atoms with van der Waals surface area (Å²) < 4.78 is 6.85. The van der Waals surface area contributed by atoms with Gasteiger partial charge < -0.3 is 4.74 Å². The van der Waals surface area contributed by atoms with Gasteiger partial charge in [-0.25, -0.2) is 0 Å². The maximum Gasteiger partial charge on any atom is 0.177 e. The van der Waals surface area contributed by atoms with Crippen molar-refractivity contribution in [1.29, 1.82) is 0 Å². The fraction of sp³-hybridized carbons (Fsp3) is 0.385. The van der Waals surface area contributed by atoms with Gasteiger partial charge in [0.1, 0.15) is 0 Å². The van der Waals surface area contributed by atoms with Crippen molar-refractivity contribution in [1.82, 2.24) is 0 Å². The Morgan fingerprint density at radius 2 is 1.87 bits per heavy atom. The Labute approximate surface area is 95.7 Å². The summed E-state index contributed by atoms with van der Waals surface area (Å²) in [6.07, 6.45) is 0. The molecular weight excluding hydrogens is 204 g/mol. The van der Waals surface area contributed by atoms with Gasteiger partial charge in [-0.1, -0.05) is 43.4 Å². The van der Waals surface area contributed by atoms with E-state index in [0.29, 0.717) is 0 Å². The lowest BCUT2D eigenvalue weighted by Crippen LogP contribution is -1.89. The van der Waals surface area contributed by atoms with Crippen LogP contribution in [0, 0.1) is 6.92 Å². The summed E-state index contributed by atoms with van der Waals surface area (Å²) in [7, 11) is 0. The monoisotopic (exact) mass is 222 g/mol. The molecule has 0 saturated heterocycles. The van der Waals surface area contributed by atoms with Crippen LogP contribution in [0.2, 0.25) is 0 Å². The highest BCUT2D eigenvalue weighted by Crippen LogP contribution is 2.36. The van der Waals surface area contributed by atoms with Gasteiger partial charge in [0.25, 0.3) is 0 Å². The molecule has 2 heteroatoms. The second kappa shape index (κ2) is 5.76. The molecule has 1 nitrogen and oxygen atoms in total. The molecule has 0 fully saturated rings. The van der Waals surface area contributed by atoms with Crippen LogP contribution in [0.5, 0.6) is 5.06 Å². The van der Waals surface area contributed by atoms with Gasteiger partial charge in [-0.05, 0) is 25.3 Å². The van der Waals surface area contributed by atoms with Crippen molar-refractivity contribution in [3.05, 3.63) is 29.8 Å². The van der Waals surface area contributed by atoms with Gasteiger partial charge >= 0.3 is 0 Å². The number of ether oxygens (including phenoxy) is 1. The summed E-state index contributed by atoms with van der Waals surface area (Å²) in [5, 5.41) is 2.37. The largest absolute Gasteiger partial charge is 0.484 e. The normalized spacial score (nSPS) is 9.60. The maximum atomic E-state index is 5.54. The lowest BCUT2D eigenvalue weighted by Gasteiger charge is -1.98. The molecule has 0 spiro atoms. The maximum absolute atomic E-state index is 5.54. The number of rotatable bonds is 2. The van der Waals surface area contributed by atoms with Crippen LogP contribution in [-0.2, 0) is 0 Å². The number of fused-ring (bicyclic) bond motifs is 1. The zero-order chi connectivity index (χ0) is 11.3. The lowest BCUT2D eigenvalue weighted by molar-refractivity contribution is 0.348. The number of hydrogen-bond acceptors (Lipinski definition) is 2. The van der Waals surface area contributed by atoms with E-state index >= 15 is 0 Å². The molecule has 0 atom stereocenters. The minimum atomic E-state index is 0.744. The van der Waals surface area contributed by atoms with Gasteiger partial charge in [0.05, 0.1) is 6.61 Å². The van der Waals surface area contributed by atoms with Crippen LogP contribution >= 0.6 is 11.3 Å². The smallest absolute Gasteiger partial charge is 0.177 e. The Morgan fingerprint density at radius 3 is 2.47 bits per heavy atom. The molecule has 0 aliphatic carbocycles.